The second-order valence-electron chi connectivity index (χ2n) is 3.42. The second-order valence-corrected chi connectivity index (χ2v) is 4.57. The predicted molar refractivity (Wildman–Crippen MR) is 63.2 cm³/mol. The average Bonchev–Trinajstić information content (AvgIpc) is 2.30. The number of ether oxygens (including phenoxy) is 1. The molecule has 1 unspecified atom stereocenters. The van der Waals surface area contributed by atoms with E-state index in [4.69, 9.17) is 4.74 Å². The molecule has 2 N–H and O–H groups in total. The number of amides is 1. The lowest BCUT2D eigenvalue weighted by atomic mass is 10.3. The fourth-order valence-electron chi connectivity index (χ4n) is 1.39. The van der Waals surface area contributed by atoms with Crippen LogP contribution < -0.4 is 10.6 Å². The molecule has 0 bridgehead atoms. The normalized spacial score (nSPS) is 21.3. The molecular formula is C10H20N2O2S. The van der Waals surface area contributed by atoms with E-state index in [9.17, 15) is 4.79 Å². The van der Waals surface area contributed by atoms with E-state index in [1.807, 2.05) is 18.7 Å². The molecule has 1 saturated heterocycles. The number of hydrogen-bond donors (Lipinski definition) is 2. The highest BCUT2D eigenvalue weighted by atomic mass is 32.2. The topological polar surface area (TPSA) is 50.4 Å². The minimum absolute atomic E-state index is 0.00385. The van der Waals surface area contributed by atoms with Gasteiger partial charge in [-0.05, 0) is 13.3 Å². The Kier molecular flexibility index (Phi) is 6.80. The van der Waals surface area contributed by atoms with E-state index in [1.165, 1.54) is 0 Å². The van der Waals surface area contributed by atoms with E-state index >= 15 is 0 Å². The summed E-state index contributed by atoms with van der Waals surface area (Å²) in [4.78, 5) is 11.6. The van der Waals surface area contributed by atoms with Crippen molar-refractivity contribution in [2.75, 3.05) is 37.8 Å². The zero-order valence-electron chi connectivity index (χ0n) is 9.25. The van der Waals surface area contributed by atoms with Gasteiger partial charge in [-0.3, -0.25) is 4.79 Å². The number of carbonyl (C=O) groups is 1. The van der Waals surface area contributed by atoms with Gasteiger partial charge in [0, 0.05) is 37.8 Å². The Bertz CT molecular complexity index is 184. The lowest BCUT2D eigenvalue weighted by Crippen LogP contribution is -2.49. The zero-order valence-corrected chi connectivity index (χ0v) is 10.1. The Morgan fingerprint density at radius 1 is 1.67 bits per heavy atom. The fourth-order valence-corrected chi connectivity index (χ4v) is 2.32. The van der Waals surface area contributed by atoms with Gasteiger partial charge in [0.25, 0.3) is 0 Å². The van der Waals surface area contributed by atoms with Gasteiger partial charge >= 0.3 is 0 Å². The summed E-state index contributed by atoms with van der Waals surface area (Å²) in [6, 6.07) is -0.00385. The standard InChI is InChI=1S/C10H20N2O2S/c1-2-14-6-3-4-12-10(13)9-8-15-7-5-11-9/h9,11H,2-8H2,1H3,(H,12,13). The quantitative estimate of drug-likeness (QED) is 0.644. The maximum absolute atomic E-state index is 11.6. The van der Waals surface area contributed by atoms with Crippen LogP contribution in [0.1, 0.15) is 13.3 Å². The van der Waals surface area contributed by atoms with Crippen molar-refractivity contribution in [2.45, 2.75) is 19.4 Å². The summed E-state index contributed by atoms with van der Waals surface area (Å²) in [6.45, 7) is 5.09. The molecule has 1 amide bonds. The van der Waals surface area contributed by atoms with Crippen molar-refractivity contribution < 1.29 is 9.53 Å². The van der Waals surface area contributed by atoms with Crippen molar-refractivity contribution in [3.63, 3.8) is 0 Å². The summed E-state index contributed by atoms with van der Waals surface area (Å²) in [5.41, 5.74) is 0. The van der Waals surface area contributed by atoms with E-state index in [2.05, 4.69) is 10.6 Å². The van der Waals surface area contributed by atoms with E-state index in [1.54, 1.807) is 0 Å². The molecule has 1 heterocycles. The third-order valence-electron chi connectivity index (χ3n) is 2.21. The van der Waals surface area contributed by atoms with Gasteiger partial charge < -0.3 is 15.4 Å². The molecule has 0 saturated carbocycles. The minimum Gasteiger partial charge on any atom is -0.382 e. The molecule has 0 spiro atoms. The molecule has 0 aliphatic carbocycles. The Morgan fingerprint density at radius 3 is 3.20 bits per heavy atom. The van der Waals surface area contributed by atoms with Crippen LogP contribution in [0.3, 0.4) is 0 Å². The first kappa shape index (κ1) is 12.8. The molecule has 1 fully saturated rings. The molecule has 1 aliphatic rings. The third-order valence-corrected chi connectivity index (χ3v) is 3.27. The lowest BCUT2D eigenvalue weighted by molar-refractivity contribution is -0.122. The second kappa shape index (κ2) is 7.96. The molecule has 1 rings (SSSR count). The van der Waals surface area contributed by atoms with Crippen molar-refractivity contribution >= 4 is 17.7 Å². The van der Waals surface area contributed by atoms with Crippen LogP contribution in [-0.2, 0) is 9.53 Å². The van der Waals surface area contributed by atoms with Crippen molar-refractivity contribution in [1.82, 2.24) is 10.6 Å². The largest absolute Gasteiger partial charge is 0.382 e. The molecule has 1 aliphatic heterocycles. The van der Waals surface area contributed by atoms with Gasteiger partial charge in [-0.1, -0.05) is 0 Å². The van der Waals surface area contributed by atoms with Crippen LogP contribution in [-0.4, -0.2) is 49.8 Å². The van der Waals surface area contributed by atoms with Crippen LogP contribution in [0.25, 0.3) is 0 Å². The summed E-state index contributed by atoms with van der Waals surface area (Å²) in [7, 11) is 0. The molecule has 5 heteroatoms. The van der Waals surface area contributed by atoms with Gasteiger partial charge in [0.15, 0.2) is 0 Å². The van der Waals surface area contributed by atoms with Crippen molar-refractivity contribution in [1.29, 1.82) is 0 Å². The van der Waals surface area contributed by atoms with Gasteiger partial charge in [0.1, 0.15) is 0 Å². The molecule has 0 aromatic heterocycles. The molecular weight excluding hydrogens is 212 g/mol. The molecule has 1 atom stereocenters. The summed E-state index contributed by atoms with van der Waals surface area (Å²) in [5.74, 6) is 2.12. The molecule has 0 aromatic rings. The molecule has 0 aromatic carbocycles. The average molecular weight is 232 g/mol. The first-order valence-electron chi connectivity index (χ1n) is 5.51. The number of thioether (sulfide) groups is 1. The fraction of sp³-hybridized carbons (Fsp3) is 0.900. The number of hydrogen-bond acceptors (Lipinski definition) is 4. The van der Waals surface area contributed by atoms with Gasteiger partial charge in [0.05, 0.1) is 6.04 Å². The SMILES string of the molecule is CCOCCCNC(=O)C1CSCCN1. The summed E-state index contributed by atoms with van der Waals surface area (Å²) >= 11 is 1.83. The Balaban J connectivity index is 2.02. The Labute approximate surface area is 95.5 Å². The van der Waals surface area contributed by atoms with Crippen LogP contribution in [0.15, 0.2) is 0 Å². The molecule has 4 nitrogen and oxygen atoms in total. The van der Waals surface area contributed by atoms with Crippen LogP contribution in [0.2, 0.25) is 0 Å². The van der Waals surface area contributed by atoms with E-state index in [0.29, 0.717) is 6.54 Å². The van der Waals surface area contributed by atoms with Gasteiger partial charge in [-0.25, -0.2) is 0 Å². The first-order chi connectivity index (χ1) is 7.34. The minimum atomic E-state index is -0.00385. The van der Waals surface area contributed by atoms with E-state index < -0.39 is 0 Å². The summed E-state index contributed by atoms with van der Waals surface area (Å²) in [5, 5.41) is 6.12. The molecule has 0 radical (unpaired) electrons. The zero-order chi connectivity index (χ0) is 10.9. The van der Waals surface area contributed by atoms with Crippen LogP contribution >= 0.6 is 11.8 Å². The molecule has 88 valence electrons. The highest BCUT2D eigenvalue weighted by Crippen LogP contribution is 2.07. The number of carbonyl (C=O) groups excluding carboxylic acids is 1. The van der Waals surface area contributed by atoms with Crippen LogP contribution in [0.5, 0.6) is 0 Å². The first-order valence-corrected chi connectivity index (χ1v) is 6.66. The third kappa shape index (κ3) is 5.39. The van der Waals surface area contributed by atoms with Crippen LogP contribution in [0.4, 0.5) is 0 Å². The van der Waals surface area contributed by atoms with Gasteiger partial charge in [0.2, 0.25) is 5.91 Å². The smallest absolute Gasteiger partial charge is 0.237 e. The van der Waals surface area contributed by atoms with Gasteiger partial charge in [-0.2, -0.15) is 11.8 Å². The van der Waals surface area contributed by atoms with Gasteiger partial charge in [-0.15, -0.1) is 0 Å². The van der Waals surface area contributed by atoms with Crippen molar-refractivity contribution in [2.24, 2.45) is 0 Å². The molecule has 15 heavy (non-hydrogen) atoms. The Hall–Kier alpha value is -0.260. The summed E-state index contributed by atoms with van der Waals surface area (Å²) < 4.78 is 5.19. The maximum atomic E-state index is 11.6. The maximum Gasteiger partial charge on any atom is 0.237 e. The van der Waals surface area contributed by atoms with Crippen molar-refractivity contribution in [3.05, 3.63) is 0 Å². The number of nitrogens with one attached hydrogen (secondary N) is 2. The van der Waals surface area contributed by atoms with E-state index in [-0.39, 0.29) is 11.9 Å². The Morgan fingerprint density at radius 2 is 2.53 bits per heavy atom. The monoisotopic (exact) mass is 232 g/mol. The predicted octanol–water partition coefficient (Wildman–Crippen LogP) is 0.234. The van der Waals surface area contributed by atoms with E-state index in [0.717, 1.165) is 37.7 Å². The number of rotatable bonds is 6. The summed E-state index contributed by atoms with van der Waals surface area (Å²) in [6.07, 6.45) is 0.888. The highest BCUT2D eigenvalue weighted by molar-refractivity contribution is 7.99. The van der Waals surface area contributed by atoms with Crippen molar-refractivity contribution in [3.8, 4) is 0 Å². The lowest BCUT2D eigenvalue weighted by Gasteiger charge is -2.22. The highest BCUT2D eigenvalue weighted by Gasteiger charge is 2.19. The van der Waals surface area contributed by atoms with Crippen LogP contribution in [0, 0.1) is 0 Å².